The Balaban J connectivity index is 1.61. The van der Waals surface area contributed by atoms with Crippen molar-refractivity contribution in [2.45, 2.75) is 38.5 Å². The largest absolute Gasteiger partial charge is 0.494 e. The smallest absolute Gasteiger partial charge is 0.133 e. The first-order valence-corrected chi connectivity index (χ1v) is 6.54. The maximum Gasteiger partial charge on any atom is 0.133 e. The second kappa shape index (κ2) is 6.43. The fraction of sp³-hybridized carbons (Fsp3) is 0.533. The molecule has 0 spiro atoms. The molecule has 92 valence electrons. The molecule has 0 radical (unpaired) electrons. The van der Waals surface area contributed by atoms with E-state index in [0.717, 1.165) is 44.5 Å². The third kappa shape index (κ3) is 4.22. The molecule has 0 aromatic heterocycles. The third-order valence-corrected chi connectivity index (χ3v) is 3.35. The molecule has 1 atom stereocenters. The van der Waals surface area contributed by atoms with Gasteiger partial charge in [-0.15, -0.1) is 0 Å². The van der Waals surface area contributed by atoms with E-state index in [1.807, 2.05) is 30.3 Å². The minimum Gasteiger partial charge on any atom is -0.494 e. The zero-order valence-electron chi connectivity index (χ0n) is 10.2. The van der Waals surface area contributed by atoms with Crippen LogP contribution >= 0.6 is 0 Å². The highest BCUT2D eigenvalue weighted by atomic mass is 16.5. The summed E-state index contributed by atoms with van der Waals surface area (Å²) in [6.45, 7) is 0.759. The van der Waals surface area contributed by atoms with E-state index in [4.69, 9.17) is 4.74 Å². The standard InChI is InChI=1S/C15H20O2/c16-14-8-4-6-13(12-14)7-5-11-17-15-9-2-1-3-10-15/h1-3,9-10,13H,4-8,11-12H2. The van der Waals surface area contributed by atoms with Gasteiger partial charge in [0.15, 0.2) is 0 Å². The average Bonchev–Trinajstić information content (AvgIpc) is 2.36. The highest BCUT2D eigenvalue weighted by Crippen LogP contribution is 2.25. The summed E-state index contributed by atoms with van der Waals surface area (Å²) in [7, 11) is 0. The molecule has 17 heavy (non-hydrogen) atoms. The molecule has 0 aliphatic heterocycles. The van der Waals surface area contributed by atoms with Gasteiger partial charge in [0.1, 0.15) is 11.5 Å². The minimum absolute atomic E-state index is 0.449. The van der Waals surface area contributed by atoms with Crippen LogP contribution in [0.1, 0.15) is 38.5 Å². The molecule has 1 unspecified atom stereocenters. The molecular formula is C15H20O2. The monoisotopic (exact) mass is 232 g/mol. The van der Waals surface area contributed by atoms with Crippen LogP contribution in [-0.4, -0.2) is 12.4 Å². The number of carbonyl (C=O) groups excluding carboxylic acids is 1. The van der Waals surface area contributed by atoms with Gasteiger partial charge in [0.2, 0.25) is 0 Å². The lowest BCUT2D eigenvalue weighted by atomic mass is 9.85. The Hall–Kier alpha value is -1.31. The number of Topliss-reactive ketones (excluding diaryl/α,β-unsaturated/α-hetero) is 1. The quantitative estimate of drug-likeness (QED) is 0.725. The van der Waals surface area contributed by atoms with Gasteiger partial charge in [0, 0.05) is 12.8 Å². The topological polar surface area (TPSA) is 26.3 Å². The summed E-state index contributed by atoms with van der Waals surface area (Å²) in [4.78, 5) is 11.3. The summed E-state index contributed by atoms with van der Waals surface area (Å²) < 4.78 is 5.64. The highest BCUT2D eigenvalue weighted by Gasteiger charge is 2.18. The Kier molecular flexibility index (Phi) is 4.60. The lowest BCUT2D eigenvalue weighted by Gasteiger charge is -2.20. The number of ether oxygens (including phenoxy) is 1. The van der Waals surface area contributed by atoms with Gasteiger partial charge in [-0.05, 0) is 43.7 Å². The zero-order chi connectivity index (χ0) is 11.9. The Morgan fingerprint density at radius 1 is 1.24 bits per heavy atom. The molecule has 0 heterocycles. The normalized spacial score (nSPS) is 20.2. The van der Waals surface area contributed by atoms with Crippen molar-refractivity contribution >= 4 is 5.78 Å². The third-order valence-electron chi connectivity index (χ3n) is 3.35. The van der Waals surface area contributed by atoms with Gasteiger partial charge in [0.25, 0.3) is 0 Å². The van der Waals surface area contributed by atoms with Crippen molar-refractivity contribution in [3.8, 4) is 5.75 Å². The minimum atomic E-state index is 0.449. The van der Waals surface area contributed by atoms with E-state index in [1.165, 1.54) is 6.42 Å². The Labute approximate surface area is 103 Å². The highest BCUT2D eigenvalue weighted by molar-refractivity contribution is 5.79. The average molecular weight is 232 g/mol. The predicted octanol–water partition coefficient (Wildman–Crippen LogP) is 3.60. The fourth-order valence-corrected chi connectivity index (χ4v) is 2.44. The number of carbonyl (C=O) groups is 1. The van der Waals surface area contributed by atoms with Crippen LogP contribution in [-0.2, 0) is 4.79 Å². The van der Waals surface area contributed by atoms with Gasteiger partial charge in [-0.3, -0.25) is 4.79 Å². The van der Waals surface area contributed by atoms with Crippen molar-refractivity contribution in [3.05, 3.63) is 30.3 Å². The van der Waals surface area contributed by atoms with Crippen LogP contribution in [0.25, 0.3) is 0 Å². The molecule has 1 aromatic carbocycles. The molecule has 2 heteroatoms. The molecule has 1 aromatic rings. The molecule has 2 nitrogen and oxygen atoms in total. The van der Waals surface area contributed by atoms with E-state index in [2.05, 4.69) is 0 Å². The number of rotatable bonds is 5. The number of para-hydroxylation sites is 1. The van der Waals surface area contributed by atoms with E-state index in [-0.39, 0.29) is 0 Å². The maximum atomic E-state index is 11.3. The first kappa shape index (κ1) is 12.2. The summed E-state index contributed by atoms with van der Waals surface area (Å²) in [5.41, 5.74) is 0. The van der Waals surface area contributed by atoms with Gasteiger partial charge in [-0.25, -0.2) is 0 Å². The molecule has 1 aliphatic carbocycles. The lowest BCUT2D eigenvalue weighted by Crippen LogP contribution is -2.15. The number of hydrogen-bond acceptors (Lipinski definition) is 2. The van der Waals surface area contributed by atoms with Crippen LogP contribution in [0.5, 0.6) is 5.75 Å². The van der Waals surface area contributed by atoms with E-state index in [1.54, 1.807) is 0 Å². The number of benzene rings is 1. The molecule has 0 saturated heterocycles. The molecule has 1 saturated carbocycles. The first-order chi connectivity index (χ1) is 8.34. The Bertz CT molecular complexity index is 345. The van der Waals surface area contributed by atoms with Crippen molar-refractivity contribution in [2.75, 3.05) is 6.61 Å². The Morgan fingerprint density at radius 3 is 2.82 bits per heavy atom. The van der Waals surface area contributed by atoms with E-state index < -0.39 is 0 Å². The van der Waals surface area contributed by atoms with E-state index in [0.29, 0.717) is 11.7 Å². The SMILES string of the molecule is O=C1CCCC(CCCOc2ccccc2)C1. The first-order valence-electron chi connectivity index (χ1n) is 6.54. The molecule has 0 N–H and O–H groups in total. The van der Waals surface area contributed by atoms with Crippen LogP contribution in [0, 0.1) is 5.92 Å². The summed E-state index contributed by atoms with van der Waals surface area (Å²) in [5.74, 6) is 1.99. The Morgan fingerprint density at radius 2 is 2.06 bits per heavy atom. The van der Waals surface area contributed by atoms with Crippen LogP contribution in [0.2, 0.25) is 0 Å². The molecular weight excluding hydrogens is 212 g/mol. The lowest BCUT2D eigenvalue weighted by molar-refractivity contribution is -0.121. The van der Waals surface area contributed by atoms with Gasteiger partial charge >= 0.3 is 0 Å². The summed E-state index contributed by atoms with van der Waals surface area (Å²) in [5, 5.41) is 0. The second-order valence-corrected chi connectivity index (χ2v) is 4.80. The van der Waals surface area contributed by atoms with Crippen molar-refractivity contribution in [3.63, 3.8) is 0 Å². The van der Waals surface area contributed by atoms with Gasteiger partial charge < -0.3 is 4.74 Å². The van der Waals surface area contributed by atoms with Crippen molar-refractivity contribution in [1.82, 2.24) is 0 Å². The fourth-order valence-electron chi connectivity index (χ4n) is 2.44. The summed E-state index contributed by atoms with van der Waals surface area (Å²) >= 11 is 0. The van der Waals surface area contributed by atoms with Crippen LogP contribution in [0.3, 0.4) is 0 Å². The van der Waals surface area contributed by atoms with E-state index >= 15 is 0 Å². The van der Waals surface area contributed by atoms with Crippen LogP contribution in [0.15, 0.2) is 30.3 Å². The van der Waals surface area contributed by atoms with E-state index in [9.17, 15) is 4.79 Å². The van der Waals surface area contributed by atoms with Crippen LogP contribution in [0.4, 0.5) is 0 Å². The molecule has 1 aliphatic rings. The number of ketones is 1. The van der Waals surface area contributed by atoms with Crippen molar-refractivity contribution in [2.24, 2.45) is 5.92 Å². The zero-order valence-corrected chi connectivity index (χ0v) is 10.2. The van der Waals surface area contributed by atoms with Gasteiger partial charge in [-0.1, -0.05) is 18.2 Å². The van der Waals surface area contributed by atoms with Crippen LogP contribution < -0.4 is 4.74 Å². The predicted molar refractivity (Wildman–Crippen MR) is 68.1 cm³/mol. The molecule has 2 rings (SSSR count). The molecule has 1 fully saturated rings. The molecule has 0 bridgehead atoms. The van der Waals surface area contributed by atoms with Gasteiger partial charge in [-0.2, -0.15) is 0 Å². The summed E-state index contributed by atoms with van der Waals surface area (Å²) in [6, 6.07) is 9.90. The summed E-state index contributed by atoms with van der Waals surface area (Å²) in [6.07, 6.45) is 6.08. The second-order valence-electron chi connectivity index (χ2n) is 4.80. The van der Waals surface area contributed by atoms with Crippen molar-refractivity contribution < 1.29 is 9.53 Å². The maximum absolute atomic E-state index is 11.3. The molecule has 0 amide bonds. The van der Waals surface area contributed by atoms with Crippen molar-refractivity contribution in [1.29, 1.82) is 0 Å². The van der Waals surface area contributed by atoms with Gasteiger partial charge in [0.05, 0.1) is 6.61 Å². The number of hydrogen-bond donors (Lipinski definition) is 0.